The molecular weight excluding hydrogens is 244 g/mol. The number of rotatable bonds is 3. The number of aliphatic hydroxyl groups excluding tert-OH is 1. The lowest BCUT2D eigenvalue weighted by molar-refractivity contribution is -0.207. The van der Waals surface area contributed by atoms with Gasteiger partial charge in [-0.3, -0.25) is 0 Å². The first-order chi connectivity index (χ1) is 7.82. The minimum atomic E-state index is -4.94. The Morgan fingerprint density at radius 2 is 1.76 bits per heavy atom. The van der Waals surface area contributed by atoms with Crippen molar-refractivity contribution in [2.75, 3.05) is 14.2 Å². The van der Waals surface area contributed by atoms with Gasteiger partial charge in [-0.2, -0.15) is 13.2 Å². The molecule has 0 aromatic heterocycles. The second kappa shape index (κ2) is 4.79. The zero-order valence-electron chi connectivity index (χ0n) is 9.01. The van der Waals surface area contributed by atoms with Gasteiger partial charge in [-0.15, -0.1) is 0 Å². The van der Waals surface area contributed by atoms with Crippen LogP contribution in [-0.4, -0.2) is 25.5 Å². The van der Waals surface area contributed by atoms with Crippen molar-refractivity contribution in [2.45, 2.75) is 12.3 Å². The summed E-state index contributed by atoms with van der Waals surface area (Å²) < 4.78 is 59.7. The lowest BCUT2D eigenvalue weighted by Crippen LogP contribution is -2.21. The number of benzene rings is 1. The number of alkyl halides is 3. The molecule has 0 radical (unpaired) electrons. The summed E-state index contributed by atoms with van der Waals surface area (Å²) in [7, 11) is 2.11. The number of ether oxygens (including phenoxy) is 2. The molecule has 1 aromatic rings. The second-order valence-electron chi connectivity index (χ2n) is 3.14. The molecule has 0 aliphatic rings. The Morgan fingerprint density at radius 3 is 2.18 bits per heavy atom. The lowest BCUT2D eigenvalue weighted by atomic mass is 10.1. The van der Waals surface area contributed by atoms with Crippen molar-refractivity contribution in [2.24, 2.45) is 0 Å². The highest BCUT2D eigenvalue weighted by molar-refractivity contribution is 5.47. The summed E-state index contributed by atoms with van der Waals surface area (Å²) in [5, 5.41) is 9.15. The Hall–Kier alpha value is -1.50. The van der Waals surface area contributed by atoms with Crippen molar-refractivity contribution in [3.8, 4) is 11.5 Å². The van der Waals surface area contributed by atoms with E-state index in [0.29, 0.717) is 0 Å². The van der Waals surface area contributed by atoms with E-state index in [1.165, 1.54) is 0 Å². The van der Waals surface area contributed by atoms with E-state index < -0.39 is 29.4 Å². The Bertz CT molecular complexity index is 403. The fourth-order valence-corrected chi connectivity index (χ4v) is 1.36. The van der Waals surface area contributed by atoms with Crippen LogP contribution in [0.25, 0.3) is 0 Å². The Labute approximate surface area is 94.6 Å². The van der Waals surface area contributed by atoms with Gasteiger partial charge in [0.05, 0.1) is 19.8 Å². The topological polar surface area (TPSA) is 38.7 Å². The minimum absolute atomic E-state index is 0.298. The van der Waals surface area contributed by atoms with Crippen molar-refractivity contribution in [1.29, 1.82) is 0 Å². The highest BCUT2D eigenvalue weighted by Crippen LogP contribution is 2.43. The van der Waals surface area contributed by atoms with E-state index in [1.54, 1.807) is 0 Å². The molecule has 1 aromatic carbocycles. The first-order valence-electron chi connectivity index (χ1n) is 4.48. The molecule has 1 N–H and O–H groups in total. The molecule has 1 rings (SSSR count). The maximum absolute atomic E-state index is 13.3. The summed E-state index contributed by atoms with van der Waals surface area (Å²) in [4.78, 5) is 0. The third-order valence-electron chi connectivity index (χ3n) is 2.12. The van der Waals surface area contributed by atoms with Crippen LogP contribution in [0, 0.1) is 5.82 Å². The van der Waals surface area contributed by atoms with Crippen LogP contribution in [0.5, 0.6) is 11.5 Å². The first-order valence-corrected chi connectivity index (χ1v) is 4.48. The van der Waals surface area contributed by atoms with E-state index in [-0.39, 0.29) is 5.75 Å². The van der Waals surface area contributed by atoms with Crippen LogP contribution in [0.4, 0.5) is 17.6 Å². The van der Waals surface area contributed by atoms with Gasteiger partial charge in [0, 0.05) is 0 Å². The molecule has 96 valence electrons. The third kappa shape index (κ3) is 2.60. The molecule has 0 spiro atoms. The molecule has 1 atom stereocenters. The fraction of sp³-hybridized carbons (Fsp3) is 0.400. The minimum Gasteiger partial charge on any atom is -0.496 e. The number of halogens is 4. The van der Waals surface area contributed by atoms with Crippen LogP contribution in [-0.2, 0) is 0 Å². The van der Waals surface area contributed by atoms with Crippen LogP contribution < -0.4 is 9.47 Å². The second-order valence-corrected chi connectivity index (χ2v) is 3.14. The van der Waals surface area contributed by atoms with Crippen LogP contribution >= 0.6 is 0 Å². The van der Waals surface area contributed by atoms with Crippen molar-refractivity contribution < 1.29 is 32.1 Å². The summed E-state index contributed by atoms with van der Waals surface area (Å²) in [5.74, 6) is -1.99. The molecule has 3 nitrogen and oxygen atoms in total. The average Bonchev–Trinajstić information content (AvgIpc) is 2.26. The van der Waals surface area contributed by atoms with Gasteiger partial charge in [-0.25, -0.2) is 4.39 Å². The number of hydrogen-bond acceptors (Lipinski definition) is 3. The van der Waals surface area contributed by atoms with Gasteiger partial charge in [0.1, 0.15) is 5.75 Å². The summed E-state index contributed by atoms with van der Waals surface area (Å²) in [6.45, 7) is 0. The van der Waals surface area contributed by atoms with Crippen LogP contribution in [0.3, 0.4) is 0 Å². The van der Waals surface area contributed by atoms with Gasteiger partial charge in [-0.05, 0) is 12.1 Å². The van der Waals surface area contributed by atoms with Crippen LogP contribution in [0.1, 0.15) is 11.7 Å². The molecule has 0 heterocycles. The van der Waals surface area contributed by atoms with E-state index in [2.05, 4.69) is 9.47 Å². The molecule has 0 bridgehead atoms. The van der Waals surface area contributed by atoms with Gasteiger partial charge in [0.2, 0.25) is 0 Å². The highest BCUT2D eigenvalue weighted by Gasteiger charge is 2.43. The normalized spacial score (nSPS) is 13.4. The van der Waals surface area contributed by atoms with E-state index in [4.69, 9.17) is 5.11 Å². The predicted molar refractivity (Wildman–Crippen MR) is 50.5 cm³/mol. The molecule has 0 saturated heterocycles. The van der Waals surface area contributed by atoms with Crippen LogP contribution in [0.15, 0.2) is 12.1 Å². The standard InChI is InChI=1S/C10H10F4O3/c1-16-6-4-3-5(11)8(17-2)7(6)9(15)10(12,13)14/h3-4,9,15H,1-2H3. The Morgan fingerprint density at radius 1 is 1.18 bits per heavy atom. The molecule has 0 aliphatic heterocycles. The summed E-state index contributed by atoms with van der Waals surface area (Å²) in [6, 6.07) is 1.88. The van der Waals surface area contributed by atoms with Gasteiger partial charge in [0.25, 0.3) is 0 Å². The molecular formula is C10H10F4O3. The molecule has 0 fully saturated rings. The van der Waals surface area contributed by atoms with Gasteiger partial charge >= 0.3 is 6.18 Å². The first kappa shape index (κ1) is 13.6. The number of methoxy groups -OCH3 is 2. The Balaban J connectivity index is 3.42. The molecule has 1 unspecified atom stereocenters. The van der Waals surface area contributed by atoms with Gasteiger partial charge < -0.3 is 14.6 Å². The van der Waals surface area contributed by atoms with Crippen molar-refractivity contribution in [1.82, 2.24) is 0 Å². The average molecular weight is 254 g/mol. The largest absolute Gasteiger partial charge is 0.496 e. The quantitative estimate of drug-likeness (QED) is 0.842. The summed E-state index contributed by atoms with van der Waals surface area (Å²) >= 11 is 0. The van der Waals surface area contributed by atoms with E-state index in [0.717, 1.165) is 26.4 Å². The van der Waals surface area contributed by atoms with Gasteiger partial charge in [-0.1, -0.05) is 0 Å². The maximum Gasteiger partial charge on any atom is 0.418 e. The lowest BCUT2D eigenvalue weighted by Gasteiger charge is -2.20. The smallest absolute Gasteiger partial charge is 0.418 e. The van der Waals surface area contributed by atoms with Crippen LogP contribution in [0.2, 0.25) is 0 Å². The molecule has 0 amide bonds. The van der Waals surface area contributed by atoms with E-state index in [1.807, 2.05) is 0 Å². The predicted octanol–water partition coefficient (Wildman–Crippen LogP) is 2.44. The zero-order valence-corrected chi connectivity index (χ0v) is 9.01. The molecule has 7 heteroatoms. The SMILES string of the molecule is COc1ccc(F)c(OC)c1C(O)C(F)(F)F. The van der Waals surface area contributed by atoms with Crippen molar-refractivity contribution >= 4 is 0 Å². The number of aliphatic hydroxyl groups is 1. The molecule has 17 heavy (non-hydrogen) atoms. The fourth-order valence-electron chi connectivity index (χ4n) is 1.36. The molecule has 0 saturated carbocycles. The molecule has 0 aliphatic carbocycles. The summed E-state index contributed by atoms with van der Waals surface area (Å²) in [6.07, 6.45) is -7.81. The maximum atomic E-state index is 13.3. The zero-order chi connectivity index (χ0) is 13.2. The monoisotopic (exact) mass is 254 g/mol. The number of hydrogen-bond donors (Lipinski definition) is 1. The van der Waals surface area contributed by atoms with E-state index >= 15 is 0 Å². The third-order valence-corrected chi connectivity index (χ3v) is 2.12. The Kier molecular flexibility index (Phi) is 3.82. The summed E-state index contributed by atoms with van der Waals surface area (Å²) in [5.41, 5.74) is -0.775. The van der Waals surface area contributed by atoms with Crippen molar-refractivity contribution in [3.63, 3.8) is 0 Å². The highest BCUT2D eigenvalue weighted by atomic mass is 19.4. The van der Waals surface area contributed by atoms with Crippen molar-refractivity contribution in [3.05, 3.63) is 23.5 Å². The van der Waals surface area contributed by atoms with E-state index in [9.17, 15) is 17.6 Å². The van der Waals surface area contributed by atoms with Gasteiger partial charge in [0.15, 0.2) is 17.7 Å².